The Hall–Kier alpha value is -1.07. The minimum absolute atomic E-state index is 0.151. The zero-order valence-corrected chi connectivity index (χ0v) is 8.66. The van der Waals surface area contributed by atoms with Crippen LogP contribution in [0, 0.1) is 10.1 Å². The number of rotatable bonds is 4. The van der Waals surface area contributed by atoms with Gasteiger partial charge in [-0.1, -0.05) is 19.1 Å². The van der Waals surface area contributed by atoms with Crippen LogP contribution < -0.4 is 5.73 Å². The van der Waals surface area contributed by atoms with E-state index in [-0.39, 0.29) is 15.9 Å². The lowest BCUT2D eigenvalue weighted by molar-refractivity contribution is -0.387. The number of nitro groups is 1. The average molecular weight is 212 g/mol. The van der Waals surface area contributed by atoms with Crippen molar-refractivity contribution in [1.29, 1.82) is 0 Å². The number of hydrogen-bond acceptors (Lipinski definition) is 4. The molecule has 1 unspecified atom stereocenters. The van der Waals surface area contributed by atoms with Gasteiger partial charge in [-0.2, -0.15) is 0 Å². The molecule has 14 heavy (non-hydrogen) atoms. The van der Waals surface area contributed by atoms with Gasteiger partial charge in [0, 0.05) is 17.9 Å². The van der Waals surface area contributed by atoms with Gasteiger partial charge in [0.15, 0.2) is 0 Å². The molecule has 0 spiro atoms. The maximum Gasteiger partial charge on any atom is 0.282 e. The summed E-state index contributed by atoms with van der Waals surface area (Å²) in [7, 11) is 0. The van der Waals surface area contributed by atoms with Gasteiger partial charge in [-0.3, -0.25) is 10.1 Å². The standard InChI is InChI=1S/C9H12N2O2S/c1-7(6-10)14-9-5-3-2-4-8(9)11(12)13/h2-5,7H,6,10H2,1H3. The number of benzene rings is 1. The van der Waals surface area contributed by atoms with Crippen molar-refractivity contribution >= 4 is 17.4 Å². The number of nitrogens with two attached hydrogens (primary N) is 1. The number of nitro benzene ring substituents is 1. The van der Waals surface area contributed by atoms with Gasteiger partial charge < -0.3 is 5.73 Å². The Kier molecular flexibility index (Phi) is 3.91. The van der Waals surface area contributed by atoms with Crippen LogP contribution >= 0.6 is 11.8 Å². The first kappa shape index (κ1) is 11.0. The minimum Gasteiger partial charge on any atom is -0.329 e. The third-order valence-corrected chi connectivity index (χ3v) is 2.92. The molecule has 76 valence electrons. The highest BCUT2D eigenvalue weighted by Gasteiger charge is 2.14. The van der Waals surface area contributed by atoms with E-state index < -0.39 is 0 Å². The van der Waals surface area contributed by atoms with Gasteiger partial charge in [-0.05, 0) is 6.07 Å². The molecule has 4 nitrogen and oxygen atoms in total. The predicted octanol–water partition coefficient (Wildman–Crippen LogP) is 2.03. The van der Waals surface area contributed by atoms with Crippen LogP contribution in [0.25, 0.3) is 0 Å². The summed E-state index contributed by atoms with van der Waals surface area (Å²) in [6.45, 7) is 2.46. The van der Waals surface area contributed by atoms with Gasteiger partial charge in [0.05, 0.1) is 9.82 Å². The van der Waals surface area contributed by atoms with Gasteiger partial charge in [0.2, 0.25) is 0 Å². The molecule has 0 saturated heterocycles. The van der Waals surface area contributed by atoms with E-state index in [0.29, 0.717) is 11.4 Å². The summed E-state index contributed by atoms with van der Waals surface area (Å²) in [5.41, 5.74) is 5.61. The molecular formula is C9H12N2O2S. The van der Waals surface area contributed by atoms with Crippen LogP contribution in [0.4, 0.5) is 5.69 Å². The summed E-state index contributed by atoms with van der Waals surface area (Å²) in [6, 6.07) is 6.70. The zero-order valence-electron chi connectivity index (χ0n) is 7.84. The molecule has 0 aliphatic rings. The molecule has 0 radical (unpaired) electrons. The van der Waals surface area contributed by atoms with Crippen molar-refractivity contribution in [1.82, 2.24) is 0 Å². The summed E-state index contributed by atoms with van der Waals surface area (Å²) in [5.74, 6) is 0. The van der Waals surface area contributed by atoms with Crippen molar-refractivity contribution in [3.8, 4) is 0 Å². The fourth-order valence-corrected chi connectivity index (χ4v) is 1.92. The van der Waals surface area contributed by atoms with Gasteiger partial charge >= 0.3 is 0 Å². The van der Waals surface area contributed by atoms with Crippen LogP contribution in [-0.2, 0) is 0 Å². The smallest absolute Gasteiger partial charge is 0.282 e. The van der Waals surface area contributed by atoms with Gasteiger partial charge in [0.1, 0.15) is 0 Å². The van der Waals surface area contributed by atoms with E-state index in [1.54, 1.807) is 18.2 Å². The van der Waals surface area contributed by atoms with Crippen LogP contribution in [0.1, 0.15) is 6.92 Å². The first-order valence-electron chi connectivity index (χ1n) is 4.25. The van der Waals surface area contributed by atoms with Crippen molar-refractivity contribution < 1.29 is 4.92 Å². The second-order valence-corrected chi connectivity index (χ2v) is 4.37. The molecule has 0 amide bonds. The van der Waals surface area contributed by atoms with Crippen molar-refractivity contribution in [2.75, 3.05) is 6.54 Å². The van der Waals surface area contributed by atoms with E-state index in [1.165, 1.54) is 17.8 Å². The Balaban J connectivity index is 2.90. The molecule has 1 aromatic rings. The molecule has 0 aliphatic heterocycles. The normalized spacial score (nSPS) is 12.4. The SMILES string of the molecule is CC(CN)Sc1ccccc1[N+](=O)[O-]. The summed E-state index contributed by atoms with van der Waals surface area (Å²) in [4.78, 5) is 11.0. The third kappa shape index (κ3) is 2.71. The lowest BCUT2D eigenvalue weighted by Crippen LogP contribution is -2.12. The van der Waals surface area contributed by atoms with Crippen LogP contribution in [0.2, 0.25) is 0 Å². The second-order valence-electron chi connectivity index (χ2n) is 2.89. The van der Waals surface area contributed by atoms with Crippen molar-refractivity contribution in [2.24, 2.45) is 5.73 Å². The van der Waals surface area contributed by atoms with Crippen molar-refractivity contribution in [2.45, 2.75) is 17.1 Å². The average Bonchev–Trinajstić information content (AvgIpc) is 2.18. The molecule has 0 aromatic heterocycles. The maximum absolute atomic E-state index is 10.7. The van der Waals surface area contributed by atoms with Crippen LogP contribution in [0.3, 0.4) is 0 Å². The van der Waals surface area contributed by atoms with E-state index in [0.717, 1.165) is 0 Å². The molecule has 2 N–H and O–H groups in total. The van der Waals surface area contributed by atoms with Crippen LogP contribution in [0.15, 0.2) is 29.2 Å². The Labute approximate surface area is 86.6 Å². The highest BCUT2D eigenvalue weighted by atomic mass is 32.2. The monoisotopic (exact) mass is 212 g/mol. The maximum atomic E-state index is 10.7. The van der Waals surface area contributed by atoms with Gasteiger partial charge in [0.25, 0.3) is 5.69 Å². The number of thioether (sulfide) groups is 1. The van der Waals surface area contributed by atoms with E-state index in [4.69, 9.17) is 5.73 Å². The Morgan fingerprint density at radius 1 is 1.57 bits per heavy atom. The highest BCUT2D eigenvalue weighted by molar-refractivity contribution is 8.00. The zero-order chi connectivity index (χ0) is 10.6. The van der Waals surface area contributed by atoms with Crippen molar-refractivity contribution in [3.63, 3.8) is 0 Å². The van der Waals surface area contributed by atoms with Crippen molar-refractivity contribution in [3.05, 3.63) is 34.4 Å². The fourth-order valence-electron chi connectivity index (χ4n) is 0.973. The summed E-state index contributed by atoms with van der Waals surface area (Å²) < 4.78 is 0. The quantitative estimate of drug-likeness (QED) is 0.471. The Morgan fingerprint density at radius 3 is 2.79 bits per heavy atom. The first-order chi connectivity index (χ1) is 6.65. The van der Waals surface area contributed by atoms with E-state index in [1.807, 2.05) is 6.92 Å². The van der Waals surface area contributed by atoms with Gasteiger partial charge in [-0.25, -0.2) is 0 Å². The molecule has 0 aliphatic carbocycles. The third-order valence-electron chi connectivity index (χ3n) is 1.72. The molecule has 0 saturated carbocycles. The van der Waals surface area contributed by atoms with E-state index in [9.17, 15) is 10.1 Å². The highest BCUT2D eigenvalue weighted by Crippen LogP contribution is 2.31. The summed E-state index contributed by atoms with van der Waals surface area (Å²) in [5, 5.41) is 10.8. The molecule has 1 rings (SSSR count). The lowest BCUT2D eigenvalue weighted by atomic mass is 10.3. The number of nitrogens with zero attached hydrogens (tertiary/aromatic N) is 1. The Bertz CT molecular complexity index is 330. The first-order valence-corrected chi connectivity index (χ1v) is 5.13. The Morgan fingerprint density at radius 2 is 2.21 bits per heavy atom. The molecule has 5 heteroatoms. The van der Waals surface area contributed by atoms with E-state index >= 15 is 0 Å². The molecular weight excluding hydrogens is 200 g/mol. The molecule has 0 fully saturated rings. The minimum atomic E-state index is -0.369. The summed E-state index contributed by atoms with van der Waals surface area (Å²) in [6.07, 6.45) is 0. The number of hydrogen-bond donors (Lipinski definition) is 1. The van der Waals surface area contributed by atoms with Crippen LogP contribution in [0.5, 0.6) is 0 Å². The summed E-state index contributed by atoms with van der Waals surface area (Å²) >= 11 is 1.43. The van der Waals surface area contributed by atoms with E-state index in [2.05, 4.69) is 0 Å². The fraction of sp³-hybridized carbons (Fsp3) is 0.333. The topological polar surface area (TPSA) is 69.2 Å². The second kappa shape index (κ2) is 4.97. The van der Waals surface area contributed by atoms with Crippen LogP contribution in [-0.4, -0.2) is 16.7 Å². The number of para-hydroxylation sites is 1. The predicted molar refractivity (Wildman–Crippen MR) is 57.5 cm³/mol. The molecule has 1 aromatic carbocycles. The lowest BCUT2D eigenvalue weighted by Gasteiger charge is -2.07. The molecule has 0 heterocycles. The largest absolute Gasteiger partial charge is 0.329 e. The van der Waals surface area contributed by atoms with Gasteiger partial charge in [-0.15, -0.1) is 11.8 Å². The molecule has 1 atom stereocenters. The molecule has 0 bridgehead atoms.